The largest absolute Gasteiger partial charge is 0.467 e. The van der Waals surface area contributed by atoms with Gasteiger partial charge in [0.1, 0.15) is 6.04 Å². The Kier molecular flexibility index (Phi) is 3.57. The van der Waals surface area contributed by atoms with Gasteiger partial charge in [0.2, 0.25) is 0 Å². The third kappa shape index (κ3) is 2.33. The quantitative estimate of drug-likeness (QED) is 0.737. The third-order valence-corrected chi connectivity index (χ3v) is 2.92. The summed E-state index contributed by atoms with van der Waals surface area (Å²) < 4.78 is 4.64. The van der Waals surface area contributed by atoms with Crippen molar-refractivity contribution in [3.05, 3.63) is 30.1 Å². The van der Waals surface area contributed by atoms with Crippen molar-refractivity contribution < 1.29 is 19.4 Å². The van der Waals surface area contributed by atoms with Crippen molar-refractivity contribution in [2.24, 2.45) is 0 Å². The monoisotopic (exact) mass is 250 g/mol. The number of hydrogen-bond acceptors (Lipinski definition) is 5. The SMILES string of the molecule is COC(=O)C1CC(O)CN1C(=O)c1cccnc1. The van der Waals surface area contributed by atoms with Crippen LogP contribution in [0.25, 0.3) is 0 Å². The fourth-order valence-electron chi connectivity index (χ4n) is 2.05. The minimum atomic E-state index is -0.724. The minimum Gasteiger partial charge on any atom is -0.467 e. The van der Waals surface area contributed by atoms with Gasteiger partial charge in [-0.05, 0) is 12.1 Å². The number of hydrogen-bond donors (Lipinski definition) is 1. The van der Waals surface area contributed by atoms with E-state index in [2.05, 4.69) is 9.72 Å². The molecule has 18 heavy (non-hydrogen) atoms. The van der Waals surface area contributed by atoms with Gasteiger partial charge in [-0.3, -0.25) is 9.78 Å². The number of carbonyl (C=O) groups is 2. The number of ether oxygens (including phenoxy) is 1. The van der Waals surface area contributed by atoms with Gasteiger partial charge >= 0.3 is 5.97 Å². The molecule has 2 rings (SSSR count). The van der Waals surface area contributed by atoms with Gasteiger partial charge in [0, 0.05) is 25.4 Å². The van der Waals surface area contributed by atoms with Gasteiger partial charge in [0.15, 0.2) is 0 Å². The average Bonchev–Trinajstić information content (AvgIpc) is 2.80. The molecule has 0 aliphatic carbocycles. The summed E-state index contributed by atoms with van der Waals surface area (Å²) in [5.41, 5.74) is 0.389. The molecule has 2 atom stereocenters. The van der Waals surface area contributed by atoms with E-state index in [-0.39, 0.29) is 18.9 Å². The molecule has 0 saturated carbocycles. The second-order valence-corrected chi connectivity index (χ2v) is 4.13. The van der Waals surface area contributed by atoms with E-state index in [1.54, 1.807) is 18.3 Å². The number of aliphatic hydroxyl groups is 1. The number of aliphatic hydroxyl groups excluding tert-OH is 1. The summed E-state index contributed by atoms with van der Waals surface area (Å²) in [6, 6.07) is 2.54. The van der Waals surface area contributed by atoms with Crippen LogP contribution in [0.15, 0.2) is 24.5 Å². The Morgan fingerprint density at radius 2 is 2.33 bits per heavy atom. The number of esters is 1. The lowest BCUT2D eigenvalue weighted by molar-refractivity contribution is -0.145. The number of aromatic nitrogens is 1. The van der Waals surface area contributed by atoms with Crippen LogP contribution in [0, 0.1) is 0 Å². The van der Waals surface area contributed by atoms with Crippen molar-refractivity contribution in [1.29, 1.82) is 0 Å². The summed E-state index contributed by atoms with van der Waals surface area (Å²) in [6.45, 7) is 0.132. The van der Waals surface area contributed by atoms with Crippen LogP contribution in [-0.4, -0.2) is 52.7 Å². The molecule has 1 aromatic heterocycles. The van der Waals surface area contributed by atoms with E-state index in [0.717, 1.165) is 0 Å². The molecule has 1 aromatic rings. The number of carbonyl (C=O) groups excluding carboxylic acids is 2. The molecular formula is C12H14N2O4. The Morgan fingerprint density at radius 1 is 1.56 bits per heavy atom. The summed E-state index contributed by atoms with van der Waals surface area (Å²) >= 11 is 0. The van der Waals surface area contributed by atoms with Gasteiger partial charge in [-0.25, -0.2) is 4.79 Å². The predicted octanol–water partition coefficient (Wildman–Crippen LogP) is -0.170. The highest BCUT2D eigenvalue weighted by Gasteiger charge is 2.39. The van der Waals surface area contributed by atoms with Crippen LogP contribution in [0.5, 0.6) is 0 Å². The van der Waals surface area contributed by atoms with Gasteiger partial charge in [0.05, 0.1) is 18.8 Å². The van der Waals surface area contributed by atoms with Crippen molar-refractivity contribution in [3.63, 3.8) is 0 Å². The molecular weight excluding hydrogens is 236 g/mol. The van der Waals surface area contributed by atoms with Gasteiger partial charge in [-0.15, -0.1) is 0 Å². The normalized spacial score (nSPS) is 22.9. The summed E-state index contributed by atoms with van der Waals surface area (Å²) in [4.78, 5) is 28.9. The van der Waals surface area contributed by atoms with E-state index in [0.29, 0.717) is 5.56 Å². The van der Waals surface area contributed by atoms with E-state index in [4.69, 9.17) is 0 Å². The first kappa shape index (κ1) is 12.5. The molecule has 0 bridgehead atoms. The molecule has 1 aliphatic rings. The van der Waals surface area contributed by atoms with Crippen LogP contribution in [0.2, 0.25) is 0 Å². The number of rotatable bonds is 2. The van der Waals surface area contributed by atoms with Crippen LogP contribution in [0.1, 0.15) is 16.8 Å². The maximum Gasteiger partial charge on any atom is 0.328 e. The summed E-state index contributed by atoms with van der Waals surface area (Å²) in [7, 11) is 1.26. The maximum absolute atomic E-state index is 12.2. The molecule has 1 N–H and O–H groups in total. The smallest absolute Gasteiger partial charge is 0.328 e. The van der Waals surface area contributed by atoms with Gasteiger partial charge in [-0.1, -0.05) is 0 Å². The highest BCUT2D eigenvalue weighted by atomic mass is 16.5. The highest BCUT2D eigenvalue weighted by Crippen LogP contribution is 2.21. The second kappa shape index (κ2) is 5.14. The Balaban J connectivity index is 2.21. The van der Waals surface area contributed by atoms with E-state index >= 15 is 0 Å². The molecule has 2 unspecified atom stereocenters. The van der Waals surface area contributed by atoms with Gasteiger partial charge in [0.25, 0.3) is 5.91 Å². The van der Waals surface area contributed by atoms with Crippen LogP contribution in [0.4, 0.5) is 0 Å². The molecule has 1 aliphatic heterocycles. The molecule has 6 heteroatoms. The standard InChI is InChI=1S/C12H14N2O4/c1-18-12(17)10-5-9(15)7-14(10)11(16)8-3-2-4-13-6-8/h2-4,6,9-10,15H,5,7H2,1H3. The molecule has 96 valence electrons. The van der Waals surface area contributed by atoms with E-state index in [9.17, 15) is 14.7 Å². The first-order valence-corrected chi connectivity index (χ1v) is 5.60. The Hall–Kier alpha value is -1.95. The minimum absolute atomic E-state index is 0.132. The Bertz CT molecular complexity index is 449. The molecule has 2 heterocycles. The van der Waals surface area contributed by atoms with E-state index in [1.165, 1.54) is 18.2 Å². The summed E-state index contributed by atoms with van der Waals surface area (Å²) in [5, 5.41) is 9.59. The molecule has 0 radical (unpaired) electrons. The lowest BCUT2D eigenvalue weighted by atomic mass is 10.2. The molecule has 6 nitrogen and oxygen atoms in total. The summed E-state index contributed by atoms with van der Waals surface area (Å²) in [5.74, 6) is -0.834. The van der Waals surface area contributed by atoms with Crippen molar-refractivity contribution in [2.75, 3.05) is 13.7 Å². The Morgan fingerprint density at radius 3 is 2.94 bits per heavy atom. The number of nitrogens with zero attached hydrogens (tertiary/aromatic N) is 2. The summed E-state index contributed by atoms with van der Waals surface area (Å²) in [6.07, 6.45) is 2.50. The van der Waals surface area contributed by atoms with Crippen molar-refractivity contribution in [1.82, 2.24) is 9.88 Å². The highest BCUT2D eigenvalue weighted by molar-refractivity contribution is 5.97. The zero-order valence-electron chi connectivity index (χ0n) is 9.94. The number of β-amino-alcohol motifs (C(OH)–C–C–N with tert-alkyl or cyclic N) is 1. The molecule has 1 fully saturated rings. The van der Waals surface area contributed by atoms with E-state index in [1.807, 2.05) is 0 Å². The third-order valence-electron chi connectivity index (χ3n) is 2.92. The lowest BCUT2D eigenvalue weighted by Gasteiger charge is -2.22. The lowest BCUT2D eigenvalue weighted by Crippen LogP contribution is -2.41. The van der Waals surface area contributed by atoms with Gasteiger partial charge < -0.3 is 14.7 Å². The van der Waals surface area contributed by atoms with Gasteiger partial charge in [-0.2, -0.15) is 0 Å². The number of methoxy groups -OCH3 is 1. The van der Waals surface area contributed by atoms with Crippen LogP contribution in [-0.2, 0) is 9.53 Å². The fraction of sp³-hybridized carbons (Fsp3) is 0.417. The zero-order valence-corrected chi connectivity index (χ0v) is 9.94. The van der Waals surface area contributed by atoms with Crippen LogP contribution in [0.3, 0.4) is 0 Å². The van der Waals surface area contributed by atoms with Crippen LogP contribution >= 0.6 is 0 Å². The molecule has 0 aromatic carbocycles. The predicted molar refractivity (Wildman–Crippen MR) is 61.7 cm³/mol. The number of pyridine rings is 1. The second-order valence-electron chi connectivity index (χ2n) is 4.13. The first-order chi connectivity index (χ1) is 8.63. The van der Waals surface area contributed by atoms with Crippen molar-refractivity contribution in [2.45, 2.75) is 18.6 Å². The van der Waals surface area contributed by atoms with Crippen molar-refractivity contribution >= 4 is 11.9 Å². The molecule has 1 saturated heterocycles. The molecule has 0 spiro atoms. The van der Waals surface area contributed by atoms with Crippen LogP contribution < -0.4 is 0 Å². The maximum atomic E-state index is 12.2. The van der Waals surface area contributed by atoms with Crippen molar-refractivity contribution in [3.8, 4) is 0 Å². The number of likely N-dealkylation sites (tertiary alicyclic amines) is 1. The average molecular weight is 250 g/mol. The number of amides is 1. The fourth-order valence-corrected chi connectivity index (χ4v) is 2.05. The Labute approximate surface area is 104 Å². The first-order valence-electron chi connectivity index (χ1n) is 5.60. The molecule has 1 amide bonds. The topological polar surface area (TPSA) is 79.7 Å². The van der Waals surface area contributed by atoms with E-state index < -0.39 is 18.1 Å². The zero-order chi connectivity index (χ0) is 13.1.